The third-order valence-electron chi connectivity index (χ3n) is 3.95. The van der Waals surface area contributed by atoms with Crippen molar-refractivity contribution in [3.8, 4) is 5.75 Å². The number of nitrogens with zero attached hydrogens (tertiary/aromatic N) is 1. The van der Waals surface area contributed by atoms with Gasteiger partial charge in [-0.25, -0.2) is 0 Å². The van der Waals surface area contributed by atoms with Crippen molar-refractivity contribution < 1.29 is 14.6 Å². The highest BCUT2D eigenvalue weighted by atomic mass is 16.5. The summed E-state index contributed by atoms with van der Waals surface area (Å²) in [5, 5.41) is 13.6. The van der Waals surface area contributed by atoms with Crippen LogP contribution in [0.1, 0.15) is 16.8 Å². The molecule has 0 radical (unpaired) electrons. The Hall–Kier alpha value is -2.01. The van der Waals surface area contributed by atoms with Gasteiger partial charge in [-0.1, -0.05) is 6.07 Å². The van der Waals surface area contributed by atoms with Crippen LogP contribution in [0.5, 0.6) is 5.75 Å². The highest BCUT2D eigenvalue weighted by Gasteiger charge is 2.24. The Morgan fingerprint density at radius 3 is 3.00 bits per heavy atom. The number of benzene rings is 1. The fraction of sp³-hybridized carbons (Fsp3) is 0.400. The van der Waals surface area contributed by atoms with Crippen molar-refractivity contribution in [2.24, 2.45) is 0 Å². The fourth-order valence-corrected chi connectivity index (χ4v) is 3.12. The van der Waals surface area contributed by atoms with Crippen LogP contribution in [0.2, 0.25) is 0 Å². The first-order valence-electron chi connectivity index (χ1n) is 6.73. The second-order valence-corrected chi connectivity index (χ2v) is 5.13. The highest BCUT2D eigenvalue weighted by molar-refractivity contribution is 5.95. The Morgan fingerprint density at radius 2 is 2.30 bits per heavy atom. The number of methoxy groups -OCH3 is 1. The van der Waals surface area contributed by atoms with Gasteiger partial charge in [0.15, 0.2) is 0 Å². The van der Waals surface area contributed by atoms with E-state index >= 15 is 0 Å². The third kappa shape index (κ3) is 1.86. The monoisotopic (exact) mass is 274 g/mol. The number of carboxylic acids is 1. The maximum absolute atomic E-state index is 11.2. The molecule has 0 amide bonds. The normalized spacial score (nSPS) is 14.3. The van der Waals surface area contributed by atoms with Gasteiger partial charge in [-0.15, -0.1) is 0 Å². The molecule has 0 saturated carbocycles. The van der Waals surface area contributed by atoms with E-state index in [1.165, 1.54) is 0 Å². The number of carboxylic acid groups (broad SMARTS) is 1. The number of ether oxygens (including phenoxy) is 1. The smallest absolute Gasteiger partial charge is 0.307 e. The Kier molecular flexibility index (Phi) is 3.14. The first-order valence-corrected chi connectivity index (χ1v) is 6.73. The number of hydrogen-bond acceptors (Lipinski definition) is 3. The fourth-order valence-electron chi connectivity index (χ4n) is 3.12. The minimum atomic E-state index is -0.798. The number of aryl methyl sites for hydroxylation is 1. The average Bonchev–Trinajstić information content (AvgIpc) is 2.75. The molecule has 0 spiro atoms. The van der Waals surface area contributed by atoms with Gasteiger partial charge in [0.05, 0.1) is 19.0 Å². The Balaban J connectivity index is 2.38. The summed E-state index contributed by atoms with van der Waals surface area (Å²) in [4.78, 5) is 11.2. The van der Waals surface area contributed by atoms with Crippen LogP contribution < -0.4 is 10.1 Å². The van der Waals surface area contributed by atoms with Crippen LogP contribution >= 0.6 is 0 Å². The summed E-state index contributed by atoms with van der Waals surface area (Å²) in [6.45, 7) is 4.46. The number of aromatic nitrogens is 1. The van der Waals surface area contributed by atoms with Crippen LogP contribution in [0.4, 0.5) is 0 Å². The van der Waals surface area contributed by atoms with Crippen molar-refractivity contribution >= 4 is 16.9 Å². The van der Waals surface area contributed by atoms with E-state index in [2.05, 4.69) is 9.88 Å². The molecule has 2 N–H and O–H groups in total. The maximum atomic E-state index is 11.2. The van der Waals surface area contributed by atoms with E-state index in [0.29, 0.717) is 6.54 Å². The summed E-state index contributed by atoms with van der Waals surface area (Å²) >= 11 is 0. The molecule has 0 unspecified atom stereocenters. The molecule has 0 bridgehead atoms. The second kappa shape index (κ2) is 4.83. The summed E-state index contributed by atoms with van der Waals surface area (Å²) in [7, 11) is 1.65. The SMILES string of the molecule is COc1ccc(C)c2c(CC(=O)O)c3n(c12)CCNC3. The van der Waals surface area contributed by atoms with Gasteiger partial charge >= 0.3 is 5.97 Å². The van der Waals surface area contributed by atoms with Crippen molar-refractivity contribution in [2.45, 2.75) is 26.4 Å². The molecule has 1 aromatic heterocycles. The molecule has 1 aliphatic heterocycles. The van der Waals surface area contributed by atoms with Gasteiger partial charge in [-0.3, -0.25) is 4.79 Å². The number of nitrogens with one attached hydrogen (secondary N) is 1. The van der Waals surface area contributed by atoms with Gasteiger partial charge in [-0.2, -0.15) is 0 Å². The predicted molar refractivity (Wildman–Crippen MR) is 76.3 cm³/mol. The highest BCUT2D eigenvalue weighted by Crippen LogP contribution is 2.36. The molecular formula is C15H18N2O3. The Bertz CT molecular complexity index is 688. The zero-order valence-corrected chi connectivity index (χ0v) is 11.7. The zero-order chi connectivity index (χ0) is 14.3. The van der Waals surface area contributed by atoms with E-state index in [9.17, 15) is 9.90 Å². The third-order valence-corrected chi connectivity index (χ3v) is 3.95. The lowest BCUT2D eigenvalue weighted by Crippen LogP contribution is -2.28. The molecule has 20 heavy (non-hydrogen) atoms. The molecule has 3 rings (SSSR count). The summed E-state index contributed by atoms with van der Waals surface area (Å²) in [5.74, 6) is 0.0125. The van der Waals surface area contributed by atoms with Crippen LogP contribution in [0.3, 0.4) is 0 Å². The molecule has 1 aromatic carbocycles. The van der Waals surface area contributed by atoms with Crippen LogP contribution in [0.15, 0.2) is 12.1 Å². The van der Waals surface area contributed by atoms with E-state index in [1.807, 2.05) is 19.1 Å². The summed E-state index contributed by atoms with van der Waals surface area (Å²) in [5.41, 5.74) is 4.11. The zero-order valence-electron chi connectivity index (χ0n) is 11.7. The molecule has 2 aromatic rings. The van der Waals surface area contributed by atoms with Crippen LogP contribution in [0, 0.1) is 6.92 Å². The molecule has 0 atom stereocenters. The Labute approximate surface area is 117 Å². The molecule has 0 saturated heterocycles. The number of fused-ring (bicyclic) bond motifs is 3. The van der Waals surface area contributed by atoms with Gasteiger partial charge in [0.25, 0.3) is 0 Å². The summed E-state index contributed by atoms with van der Waals surface area (Å²) < 4.78 is 7.68. The van der Waals surface area contributed by atoms with Gasteiger partial charge in [0.2, 0.25) is 0 Å². The molecule has 1 aliphatic rings. The van der Waals surface area contributed by atoms with E-state index in [0.717, 1.165) is 46.6 Å². The van der Waals surface area contributed by atoms with Crippen LogP contribution in [-0.4, -0.2) is 29.3 Å². The van der Waals surface area contributed by atoms with Crippen molar-refractivity contribution in [3.05, 3.63) is 29.0 Å². The number of aliphatic carboxylic acids is 1. The lowest BCUT2D eigenvalue weighted by atomic mass is 10.0. The van der Waals surface area contributed by atoms with Crippen molar-refractivity contribution in [1.82, 2.24) is 9.88 Å². The number of hydrogen-bond donors (Lipinski definition) is 2. The number of rotatable bonds is 3. The molecule has 5 nitrogen and oxygen atoms in total. The number of carbonyl (C=O) groups is 1. The van der Waals surface area contributed by atoms with Gasteiger partial charge in [0, 0.05) is 30.7 Å². The van der Waals surface area contributed by atoms with E-state index in [1.54, 1.807) is 7.11 Å². The summed E-state index contributed by atoms with van der Waals surface area (Å²) in [6.07, 6.45) is 0.0501. The molecule has 106 valence electrons. The standard InChI is InChI=1S/C15H18N2O3/c1-9-3-4-12(20-2)15-14(9)10(7-13(18)19)11-8-16-5-6-17(11)15/h3-4,16H,5-8H2,1-2H3,(H,18,19). The topological polar surface area (TPSA) is 63.5 Å². The molecule has 5 heteroatoms. The predicted octanol–water partition coefficient (Wildman–Crippen LogP) is 1.69. The molecule has 0 aliphatic carbocycles. The van der Waals surface area contributed by atoms with Gasteiger partial charge < -0.3 is 19.7 Å². The quantitative estimate of drug-likeness (QED) is 0.894. The van der Waals surface area contributed by atoms with Crippen molar-refractivity contribution in [2.75, 3.05) is 13.7 Å². The van der Waals surface area contributed by atoms with Crippen LogP contribution in [0.25, 0.3) is 10.9 Å². The van der Waals surface area contributed by atoms with Gasteiger partial charge in [-0.05, 0) is 24.1 Å². The van der Waals surface area contributed by atoms with Crippen molar-refractivity contribution in [1.29, 1.82) is 0 Å². The average molecular weight is 274 g/mol. The van der Waals surface area contributed by atoms with E-state index in [-0.39, 0.29) is 6.42 Å². The lowest BCUT2D eigenvalue weighted by molar-refractivity contribution is -0.136. The largest absolute Gasteiger partial charge is 0.495 e. The maximum Gasteiger partial charge on any atom is 0.307 e. The summed E-state index contributed by atoms with van der Waals surface area (Å²) in [6, 6.07) is 3.95. The lowest BCUT2D eigenvalue weighted by Gasteiger charge is -2.19. The van der Waals surface area contributed by atoms with Crippen LogP contribution in [-0.2, 0) is 24.3 Å². The van der Waals surface area contributed by atoms with Gasteiger partial charge in [0.1, 0.15) is 5.75 Å². The first-order chi connectivity index (χ1) is 9.63. The molecular weight excluding hydrogens is 256 g/mol. The van der Waals surface area contributed by atoms with E-state index in [4.69, 9.17) is 4.74 Å². The molecule has 2 heterocycles. The van der Waals surface area contributed by atoms with Crippen molar-refractivity contribution in [3.63, 3.8) is 0 Å². The minimum Gasteiger partial charge on any atom is -0.495 e. The van der Waals surface area contributed by atoms with E-state index < -0.39 is 5.97 Å². The molecule has 0 fully saturated rings. The second-order valence-electron chi connectivity index (χ2n) is 5.13. The minimum absolute atomic E-state index is 0.0501. The first kappa shape index (κ1) is 13.0. The Morgan fingerprint density at radius 1 is 1.50 bits per heavy atom.